The van der Waals surface area contributed by atoms with Crippen molar-refractivity contribution in [3.05, 3.63) is 34.3 Å². The molecule has 0 aromatic heterocycles. The topological polar surface area (TPSA) is 26.0 Å². The van der Waals surface area contributed by atoms with E-state index in [0.717, 1.165) is 10.0 Å². The standard InChI is InChI=1S/C9H10BrF2N/c10-7-4-2-1-3-6(7)8(13)5-9(11)12/h1-4,8-9H,5,13H2/t8-/m1/s1. The first kappa shape index (κ1) is 10.6. The summed E-state index contributed by atoms with van der Waals surface area (Å²) in [6.45, 7) is 0. The molecule has 72 valence electrons. The summed E-state index contributed by atoms with van der Waals surface area (Å²) >= 11 is 3.26. The summed E-state index contributed by atoms with van der Waals surface area (Å²) in [5, 5.41) is 0. The van der Waals surface area contributed by atoms with Gasteiger partial charge in [-0.25, -0.2) is 8.78 Å². The molecule has 0 aliphatic heterocycles. The van der Waals surface area contributed by atoms with Gasteiger partial charge in [0.05, 0.1) is 0 Å². The normalized spacial score (nSPS) is 13.3. The molecule has 1 aromatic rings. The van der Waals surface area contributed by atoms with Crippen LogP contribution in [0.15, 0.2) is 28.7 Å². The van der Waals surface area contributed by atoms with E-state index in [1.54, 1.807) is 18.2 Å². The van der Waals surface area contributed by atoms with Gasteiger partial charge < -0.3 is 5.73 Å². The van der Waals surface area contributed by atoms with Gasteiger partial charge in [0.2, 0.25) is 6.43 Å². The summed E-state index contributed by atoms with van der Waals surface area (Å²) in [5.74, 6) is 0. The van der Waals surface area contributed by atoms with Gasteiger partial charge in [0.25, 0.3) is 0 Å². The smallest absolute Gasteiger partial charge is 0.240 e. The SMILES string of the molecule is N[C@H](CC(F)F)c1ccccc1Br. The zero-order chi connectivity index (χ0) is 9.84. The average molecular weight is 250 g/mol. The monoisotopic (exact) mass is 249 g/mol. The molecule has 0 fully saturated rings. The van der Waals surface area contributed by atoms with E-state index < -0.39 is 12.5 Å². The summed E-state index contributed by atoms with van der Waals surface area (Å²) in [7, 11) is 0. The Bertz CT molecular complexity index is 278. The number of alkyl halides is 2. The first-order chi connectivity index (χ1) is 6.11. The molecular weight excluding hydrogens is 240 g/mol. The van der Waals surface area contributed by atoms with Crippen LogP contribution in [0.4, 0.5) is 8.78 Å². The van der Waals surface area contributed by atoms with Crippen LogP contribution in [-0.4, -0.2) is 6.43 Å². The van der Waals surface area contributed by atoms with Crippen LogP contribution in [0.1, 0.15) is 18.0 Å². The lowest BCUT2D eigenvalue weighted by Gasteiger charge is -2.12. The van der Waals surface area contributed by atoms with E-state index in [0.29, 0.717) is 0 Å². The second kappa shape index (κ2) is 4.67. The fourth-order valence-electron chi connectivity index (χ4n) is 1.09. The van der Waals surface area contributed by atoms with Crippen LogP contribution in [0, 0.1) is 0 Å². The van der Waals surface area contributed by atoms with Crippen LogP contribution >= 0.6 is 15.9 Å². The highest BCUT2D eigenvalue weighted by Crippen LogP contribution is 2.25. The molecule has 0 radical (unpaired) electrons. The Labute approximate surface area is 84.1 Å². The molecule has 0 bridgehead atoms. The maximum absolute atomic E-state index is 12.0. The van der Waals surface area contributed by atoms with E-state index in [1.807, 2.05) is 6.07 Å². The van der Waals surface area contributed by atoms with Crippen LogP contribution in [0.5, 0.6) is 0 Å². The quantitative estimate of drug-likeness (QED) is 0.876. The van der Waals surface area contributed by atoms with Crippen molar-refractivity contribution in [2.75, 3.05) is 0 Å². The molecule has 0 aliphatic carbocycles. The van der Waals surface area contributed by atoms with Gasteiger partial charge in [0.15, 0.2) is 0 Å². The predicted molar refractivity (Wildman–Crippen MR) is 51.7 cm³/mol. The molecule has 0 aliphatic rings. The molecule has 4 heteroatoms. The van der Waals surface area contributed by atoms with E-state index in [9.17, 15) is 8.78 Å². The minimum absolute atomic E-state index is 0.303. The van der Waals surface area contributed by atoms with Crippen LogP contribution in [0.3, 0.4) is 0 Å². The molecule has 13 heavy (non-hydrogen) atoms. The van der Waals surface area contributed by atoms with Crippen LogP contribution < -0.4 is 5.73 Å². The maximum Gasteiger partial charge on any atom is 0.240 e. The lowest BCUT2D eigenvalue weighted by Crippen LogP contribution is -2.14. The number of hydrogen-bond donors (Lipinski definition) is 1. The summed E-state index contributed by atoms with van der Waals surface area (Å²) in [4.78, 5) is 0. The summed E-state index contributed by atoms with van der Waals surface area (Å²) in [6, 6.07) is 6.54. The van der Waals surface area contributed by atoms with Gasteiger partial charge in [-0.15, -0.1) is 0 Å². The van der Waals surface area contributed by atoms with Crippen LogP contribution in [0.25, 0.3) is 0 Å². The summed E-state index contributed by atoms with van der Waals surface area (Å²) in [6.07, 6.45) is -2.66. The molecular formula is C9H10BrF2N. The number of rotatable bonds is 3. The Hall–Kier alpha value is -0.480. The van der Waals surface area contributed by atoms with E-state index in [2.05, 4.69) is 15.9 Å². The Kier molecular flexibility index (Phi) is 3.81. The first-order valence-electron chi connectivity index (χ1n) is 3.89. The second-order valence-electron chi connectivity index (χ2n) is 2.75. The average Bonchev–Trinajstić information content (AvgIpc) is 2.03. The minimum atomic E-state index is -2.36. The third-order valence-electron chi connectivity index (χ3n) is 1.74. The third kappa shape index (κ3) is 3.04. The van der Waals surface area contributed by atoms with E-state index in [4.69, 9.17) is 5.73 Å². The van der Waals surface area contributed by atoms with Crippen molar-refractivity contribution in [3.63, 3.8) is 0 Å². The fourth-order valence-corrected chi connectivity index (χ4v) is 1.67. The Balaban J connectivity index is 2.76. The highest BCUT2D eigenvalue weighted by atomic mass is 79.9. The van der Waals surface area contributed by atoms with Gasteiger partial charge in [-0.3, -0.25) is 0 Å². The second-order valence-corrected chi connectivity index (χ2v) is 3.61. The summed E-state index contributed by atoms with van der Waals surface area (Å²) < 4.78 is 24.8. The fraction of sp³-hybridized carbons (Fsp3) is 0.333. The molecule has 0 unspecified atom stereocenters. The molecule has 2 N–H and O–H groups in total. The Morgan fingerprint density at radius 2 is 1.92 bits per heavy atom. The lowest BCUT2D eigenvalue weighted by molar-refractivity contribution is 0.128. The van der Waals surface area contributed by atoms with Crippen LogP contribution in [-0.2, 0) is 0 Å². The van der Waals surface area contributed by atoms with Gasteiger partial charge in [0, 0.05) is 16.9 Å². The molecule has 0 heterocycles. The first-order valence-corrected chi connectivity index (χ1v) is 4.68. The Morgan fingerprint density at radius 1 is 1.31 bits per heavy atom. The number of hydrogen-bond acceptors (Lipinski definition) is 1. The molecule has 0 saturated heterocycles. The molecule has 1 aromatic carbocycles. The lowest BCUT2D eigenvalue weighted by atomic mass is 10.1. The molecule has 0 saturated carbocycles. The van der Waals surface area contributed by atoms with Crippen molar-refractivity contribution in [3.8, 4) is 0 Å². The number of benzene rings is 1. The third-order valence-corrected chi connectivity index (χ3v) is 2.46. The highest BCUT2D eigenvalue weighted by molar-refractivity contribution is 9.10. The highest BCUT2D eigenvalue weighted by Gasteiger charge is 2.14. The molecule has 1 atom stereocenters. The van der Waals surface area contributed by atoms with Crippen molar-refractivity contribution >= 4 is 15.9 Å². The van der Waals surface area contributed by atoms with E-state index in [-0.39, 0.29) is 6.42 Å². The van der Waals surface area contributed by atoms with Gasteiger partial charge >= 0.3 is 0 Å². The number of nitrogens with two attached hydrogens (primary N) is 1. The van der Waals surface area contributed by atoms with Crippen molar-refractivity contribution < 1.29 is 8.78 Å². The largest absolute Gasteiger partial charge is 0.324 e. The maximum atomic E-state index is 12.0. The van der Waals surface area contributed by atoms with Gasteiger partial charge in [-0.1, -0.05) is 34.1 Å². The molecule has 1 nitrogen and oxygen atoms in total. The van der Waals surface area contributed by atoms with Gasteiger partial charge in [-0.05, 0) is 11.6 Å². The predicted octanol–water partition coefficient (Wildman–Crippen LogP) is 3.10. The zero-order valence-electron chi connectivity index (χ0n) is 6.88. The molecule has 0 amide bonds. The van der Waals surface area contributed by atoms with E-state index >= 15 is 0 Å². The van der Waals surface area contributed by atoms with Gasteiger partial charge in [0.1, 0.15) is 0 Å². The van der Waals surface area contributed by atoms with E-state index in [1.165, 1.54) is 0 Å². The minimum Gasteiger partial charge on any atom is -0.324 e. The molecule has 1 rings (SSSR count). The Morgan fingerprint density at radius 3 is 2.46 bits per heavy atom. The number of halogens is 3. The van der Waals surface area contributed by atoms with Crippen molar-refractivity contribution in [1.29, 1.82) is 0 Å². The summed E-state index contributed by atoms with van der Waals surface area (Å²) in [5.41, 5.74) is 6.31. The van der Waals surface area contributed by atoms with Crippen LogP contribution in [0.2, 0.25) is 0 Å². The van der Waals surface area contributed by atoms with Gasteiger partial charge in [-0.2, -0.15) is 0 Å². The van der Waals surface area contributed by atoms with Crippen molar-refractivity contribution in [2.24, 2.45) is 5.73 Å². The molecule has 0 spiro atoms. The van der Waals surface area contributed by atoms with Crippen molar-refractivity contribution in [2.45, 2.75) is 18.9 Å². The van der Waals surface area contributed by atoms with Crippen molar-refractivity contribution in [1.82, 2.24) is 0 Å². The zero-order valence-corrected chi connectivity index (χ0v) is 8.47.